The molecule has 11 heteroatoms. The van der Waals surface area contributed by atoms with Gasteiger partial charge in [-0.3, -0.25) is 18.7 Å². The Balaban J connectivity index is 1.64. The van der Waals surface area contributed by atoms with Crippen LogP contribution in [0.2, 0.25) is 0 Å². The smallest absolute Gasteiger partial charge is 0.323 e. The van der Waals surface area contributed by atoms with Gasteiger partial charge in [0.15, 0.2) is 0 Å². The summed E-state index contributed by atoms with van der Waals surface area (Å²) in [6.45, 7) is 0.244. The van der Waals surface area contributed by atoms with Crippen LogP contribution in [0.25, 0.3) is 11.0 Å². The highest BCUT2D eigenvalue weighted by Gasteiger charge is 2.39. The van der Waals surface area contributed by atoms with Crippen molar-refractivity contribution in [3.63, 3.8) is 0 Å². The number of benzene rings is 1. The minimum absolute atomic E-state index is 0.131. The molecular formula is C20H21N5O5S. The van der Waals surface area contributed by atoms with Crippen LogP contribution in [-0.2, 0) is 28.9 Å². The maximum Gasteiger partial charge on any atom is 0.332 e. The van der Waals surface area contributed by atoms with Crippen LogP contribution in [0.1, 0.15) is 12.8 Å². The third kappa shape index (κ3) is 3.55. The van der Waals surface area contributed by atoms with Crippen molar-refractivity contribution in [3.8, 4) is 0 Å². The summed E-state index contributed by atoms with van der Waals surface area (Å²) in [5.74, 6) is -0.500. The molecule has 1 amide bonds. The van der Waals surface area contributed by atoms with E-state index >= 15 is 0 Å². The molecule has 0 bridgehead atoms. The van der Waals surface area contributed by atoms with Crippen LogP contribution in [0.5, 0.6) is 0 Å². The van der Waals surface area contributed by atoms with Gasteiger partial charge < -0.3 is 5.32 Å². The Bertz CT molecular complexity index is 1400. The molecule has 1 saturated heterocycles. The lowest BCUT2D eigenvalue weighted by Crippen LogP contribution is -2.43. The van der Waals surface area contributed by atoms with Gasteiger partial charge >= 0.3 is 5.69 Å². The zero-order valence-corrected chi connectivity index (χ0v) is 17.8. The third-order valence-corrected chi connectivity index (χ3v) is 7.34. The van der Waals surface area contributed by atoms with E-state index in [1.807, 2.05) is 0 Å². The van der Waals surface area contributed by atoms with Crippen LogP contribution >= 0.6 is 0 Å². The number of nitrogens with one attached hydrogen (secondary N) is 1. The maximum absolute atomic E-state index is 13.0. The number of anilines is 1. The van der Waals surface area contributed by atoms with Gasteiger partial charge in [-0.1, -0.05) is 18.2 Å². The highest BCUT2D eigenvalue weighted by atomic mass is 32.2. The van der Waals surface area contributed by atoms with E-state index in [-0.39, 0.29) is 28.2 Å². The molecule has 10 nitrogen and oxygen atoms in total. The Labute approximate surface area is 177 Å². The third-order valence-electron chi connectivity index (χ3n) is 5.42. The van der Waals surface area contributed by atoms with Gasteiger partial charge in [0.05, 0.1) is 22.2 Å². The fourth-order valence-electron chi connectivity index (χ4n) is 3.78. The molecule has 3 heterocycles. The first-order valence-corrected chi connectivity index (χ1v) is 11.1. The van der Waals surface area contributed by atoms with Gasteiger partial charge in [-0.2, -0.15) is 4.31 Å². The van der Waals surface area contributed by atoms with Gasteiger partial charge in [0, 0.05) is 20.6 Å². The number of amides is 1. The number of fused-ring (bicyclic) bond motifs is 1. The molecule has 0 aliphatic carbocycles. The number of aryl methyl sites for hydroxylation is 1. The summed E-state index contributed by atoms with van der Waals surface area (Å²) >= 11 is 0. The fourth-order valence-corrected chi connectivity index (χ4v) is 5.45. The van der Waals surface area contributed by atoms with Gasteiger partial charge in [0.25, 0.3) is 5.56 Å². The number of carbonyl (C=O) groups is 1. The van der Waals surface area contributed by atoms with Crippen LogP contribution in [0, 0.1) is 0 Å². The largest absolute Gasteiger partial charge is 0.332 e. The van der Waals surface area contributed by atoms with Gasteiger partial charge in [-0.15, -0.1) is 0 Å². The van der Waals surface area contributed by atoms with Crippen molar-refractivity contribution in [3.05, 3.63) is 63.4 Å². The first kappa shape index (κ1) is 20.9. The molecule has 4 rings (SSSR count). The van der Waals surface area contributed by atoms with Gasteiger partial charge in [0.1, 0.15) is 11.7 Å². The van der Waals surface area contributed by atoms with Crippen molar-refractivity contribution in [1.82, 2.24) is 18.4 Å². The lowest BCUT2D eigenvalue weighted by Gasteiger charge is -2.23. The highest BCUT2D eigenvalue weighted by Crippen LogP contribution is 2.27. The van der Waals surface area contributed by atoms with E-state index in [0.717, 1.165) is 4.57 Å². The van der Waals surface area contributed by atoms with Crippen LogP contribution in [0.4, 0.5) is 5.69 Å². The number of sulfonamides is 1. The minimum Gasteiger partial charge on any atom is -0.323 e. The SMILES string of the molecule is Cn1c(=O)c2cc(NC(=O)C3CCCN3S(=O)(=O)c3ccccc3)cnc2n(C)c1=O. The predicted octanol–water partition coefficient (Wildman–Crippen LogP) is 0.424. The van der Waals surface area contributed by atoms with Gasteiger partial charge in [-0.25, -0.2) is 18.2 Å². The second-order valence-electron chi connectivity index (χ2n) is 7.38. The number of rotatable bonds is 4. The maximum atomic E-state index is 13.0. The van der Waals surface area contributed by atoms with Crippen molar-refractivity contribution in [2.24, 2.45) is 14.1 Å². The number of hydrogen-bond donors (Lipinski definition) is 1. The molecule has 1 unspecified atom stereocenters. The van der Waals surface area contributed by atoms with Crippen LogP contribution in [0.3, 0.4) is 0 Å². The summed E-state index contributed by atoms with van der Waals surface area (Å²) in [5.41, 5.74) is -0.595. The fraction of sp³-hybridized carbons (Fsp3) is 0.300. The molecule has 0 saturated carbocycles. The molecule has 2 aromatic heterocycles. The quantitative estimate of drug-likeness (QED) is 0.624. The molecule has 0 radical (unpaired) electrons. The second-order valence-corrected chi connectivity index (χ2v) is 9.27. The van der Waals surface area contributed by atoms with E-state index < -0.39 is 33.2 Å². The molecule has 1 N–H and O–H groups in total. The molecule has 1 fully saturated rings. The van der Waals surface area contributed by atoms with Crippen LogP contribution < -0.4 is 16.6 Å². The predicted molar refractivity (Wildman–Crippen MR) is 114 cm³/mol. The standard InChI is InChI=1S/C20H21N5O5S/c1-23-17-15(19(27)24(2)20(23)28)11-13(12-21-17)22-18(26)16-9-6-10-25(16)31(29,30)14-7-4-3-5-8-14/h3-5,7-8,11-12,16H,6,9-10H2,1-2H3,(H,22,26). The zero-order valence-electron chi connectivity index (χ0n) is 17.0. The van der Waals surface area contributed by atoms with Gasteiger partial charge in [0.2, 0.25) is 15.9 Å². The number of hydrogen-bond acceptors (Lipinski definition) is 6. The molecule has 1 aliphatic heterocycles. The molecule has 1 aromatic carbocycles. The van der Waals surface area contributed by atoms with Crippen molar-refractivity contribution < 1.29 is 13.2 Å². The summed E-state index contributed by atoms with van der Waals surface area (Å²) in [6.07, 6.45) is 2.28. The number of aromatic nitrogens is 3. The number of carbonyl (C=O) groups excluding carboxylic acids is 1. The Hall–Kier alpha value is -3.31. The lowest BCUT2D eigenvalue weighted by molar-refractivity contribution is -0.119. The number of pyridine rings is 1. The normalized spacial score (nSPS) is 17.2. The Morgan fingerprint density at radius 3 is 2.55 bits per heavy atom. The topological polar surface area (TPSA) is 123 Å². The molecular weight excluding hydrogens is 422 g/mol. The Morgan fingerprint density at radius 2 is 1.84 bits per heavy atom. The van der Waals surface area contributed by atoms with Gasteiger partial charge in [-0.05, 0) is 31.0 Å². The zero-order chi connectivity index (χ0) is 22.3. The average molecular weight is 443 g/mol. The van der Waals surface area contributed by atoms with Crippen molar-refractivity contribution in [2.75, 3.05) is 11.9 Å². The Kier molecular flexibility index (Phi) is 5.23. The van der Waals surface area contributed by atoms with E-state index in [2.05, 4.69) is 10.3 Å². The second kappa shape index (κ2) is 7.75. The van der Waals surface area contributed by atoms with E-state index in [4.69, 9.17) is 0 Å². The summed E-state index contributed by atoms with van der Waals surface area (Å²) in [6, 6.07) is 8.54. The summed E-state index contributed by atoms with van der Waals surface area (Å²) in [7, 11) is -0.956. The minimum atomic E-state index is -3.82. The summed E-state index contributed by atoms with van der Waals surface area (Å²) in [4.78, 5) is 41.7. The van der Waals surface area contributed by atoms with E-state index in [0.29, 0.717) is 12.8 Å². The average Bonchev–Trinajstić information content (AvgIpc) is 3.28. The van der Waals surface area contributed by atoms with Crippen molar-refractivity contribution >= 4 is 32.7 Å². The summed E-state index contributed by atoms with van der Waals surface area (Å²) in [5, 5.41) is 2.84. The Morgan fingerprint density at radius 1 is 1.13 bits per heavy atom. The first-order chi connectivity index (χ1) is 14.7. The van der Waals surface area contributed by atoms with E-state index in [9.17, 15) is 22.8 Å². The van der Waals surface area contributed by atoms with Crippen LogP contribution in [-0.4, -0.2) is 45.3 Å². The summed E-state index contributed by atoms with van der Waals surface area (Å²) < 4.78 is 29.4. The van der Waals surface area contributed by atoms with E-state index in [1.54, 1.807) is 18.2 Å². The highest BCUT2D eigenvalue weighted by molar-refractivity contribution is 7.89. The molecule has 0 spiro atoms. The first-order valence-electron chi connectivity index (χ1n) is 9.65. The molecule has 162 valence electrons. The molecule has 3 aromatic rings. The lowest BCUT2D eigenvalue weighted by atomic mass is 10.2. The number of nitrogens with zero attached hydrogens (tertiary/aromatic N) is 4. The van der Waals surface area contributed by atoms with Crippen molar-refractivity contribution in [2.45, 2.75) is 23.8 Å². The van der Waals surface area contributed by atoms with E-state index in [1.165, 1.54) is 47.4 Å². The molecule has 1 aliphatic rings. The molecule has 1 atom stereocenters. The molecule has 31 heavy (non-hydrogen) atoms. The van der Waals surface area contributed by atoms with Crippen molar-refractivity contribution in [1.29, 1.82) is 0 Å². The van der Waals surface area contributed by atoms with Crippen LogP contribution in [0.15, 0.2) is 57.1 Å². The monoisotopic (exact) mass is 443 g/mol.